The van der Waals surface area contributed by atoms with Gasteiger partial charge in [0.15, 0.2) is 0 Å². The smallest absolute Gasteiger partial charge is 0.282 e. The minimum atomic E-state index is -0.336. The minimum absolute atomic E-state index is 0.0191. The van der Waals surface area contributed by atoms with Gasteiger partial charge in [0.1, 0.15) is 6.04 Å². The zero-order valence-corrected chi connectivity index (χ0v) is 17.0. The number of hydrogen-bond donors (Lipinski definition) is 2. The lowest BCUT2D eigenvalue weighted by Crippen LogP contribution is -2.66. The first-order valence-electron chi connectivity index (χ1n) is 9.46. The fourth-order valence-electron chi connectivity index (χ4n) is 3.12. The molecule has 2 amide bonds. The highest BCUT2D eigenvalue weighted by Crippen LogP contribution is 2.19. The number of hydrogen-bond acceptors (Lipinski definition) is 4. The number of amides is 2. The molecule has 1 fully saturated rings. The average Bonchev–Trinajstić information content (AvgIpc) is 3.04. The predicted molar refractivity (Wildman–Crippen MR) is 107 cm³/mol. The molecular formula is C20H30N3O3S+. The van der Waals surface area contributed by atoms with Crippen LogP contribution >= 0.6 is 11.8 Å². The highest BCUT2D eigenvalue weighted by molar-refractivity contribution is 8.12. The van der Waals surface area contributed by atoms with Gasteiger partial charge in [-0.05, 0) is 17.9 Å². The summed E-state index contributed by atoms with van der Waals surface area (Å²) in [5.41, 5.74) is 5.01. The van der Waals surface area contributed by atoms with Gasteiger partial charge < -0.3 is 16.0 Å². The molecule has 0 unspecified atom stereocenters. The number of thioether (sulfide) groups is 1. The van der Waals surface area contributed by atoms with Gasteiger partial charge in [0.2, 0.25) is 11.7 Å². The van der Waals surface area contributed by atoms with E-state index in [4.69, 9.17) is 0 Å². The van der Waals surface area contributed by atoms with E-state index >= 15 is 0 Å². The minimum Gasteiger partial charge on any atom is -0.356 e. The first kappa shape index (κ1) is 21.4. The number of nitrogens with one attached hydrogen (secondary N) is 1. The van der Waals surface area contributed by atoms with E-state index in [1.54, 1.807) is 0 Å². The van der Waals surface area contributed by atoms with Crippen LogP contribution in [0.4, 0.5) is 4.79 Å². The van der Waals surface area contributed by atoms with Gasteiger partial charge in [-0.15, -0.1) is 0 Å². The van der Waals surface area contributed by atoms with Crippen molar-refractivity contribution in [2.45, 2.75) is 38.5 Å². The van der Waals surface area contributed by atoms with Gasteiger partial charge in [0.05, 0.1) is 12.5 Å². The van der Waals surface area contributed by atoms with E-state index in [9.17, 15) is 14.4 Å². The fraction of sp³-hybridized carbons (Fsp3) is 0.550. The van der Waals surface area contributed by atoms with Crippen molar-refractivity contribution in [3.8, 4) is 0 Å². The van der Waals surface area contributed by atoms with Crippen molar-refractivity contribution in [3.05, 3.63) is 35.9 Å². The van der Waals surface area contributed by atoms with Crippen LogP contribution < -0.4 is 11.1 Å². The summed E-state index contributed by atoms with van der Waals surface area (Å²) in [5.74, 6) is 0.583. The van der Waals surface area contributed by atoms with Gasteiger partial charge in [-0.1, -0.05) is 55.9 Å². The number of benzene rings is 1. The summed E-state index contributed by atoms with van der Waals surface area (Å²) in [6.45, 7) is 5.03. The Hall–Kier alpha value is -1.86. The second-order valence-electron chi connectivity index (χ2n) is 7.49. The SMILES string of the molecule is CC(C)C[C@H]([NH3+])C(=O)CN(C[C@@H]1CCNC1=O)C(=O)SCc1ccccc1. The first-order chi connectivity index (χ1) is 12.9. The van der Waals surface area contributed by atoms with Gasteiger partial charge in [0, 0.05) is 25.3 Å². The Bertz CT molecular complexity index is 651. The van der Waals surface area contributed by atoms with E-state index in [0.29, 0.717) is 31.1 Å². The van der Waals surface area contributed by atoms with E-state index in [0.717, 1.165) is 5.56 Å². The Kier molecular flexibility index (Phi) is 8.31. The zero-order chi connectivity index (χ0) is 19.8. The van der Waals surface area contributed by atoms with Crippen LogP contribution in [0.25, 0.3) is 0 Å². The summed E-state index contributed by atoms with van der Waals surface area (Å²) >= 11 is 1.17. The lowest BCUT2D eigenvalue weighted by atomic mass is 10.0. The van der Waals surface area contributed by atoms with Crippen molar-refractivity contribution in [1.29, 1.82) is 0 Å². The maximum absolute atomic E-state index is 12.8. The topological polar surface area (TPSA) is 94.1 Å². The summed E-state index contributed by atoms with van der Waals surface area (Å²) < 4.78 is 0. The maximum atomic E-state index is 12.8. The molecule has 0 aliphatic carbocycles. The molecule has 1 saturated heterocycles. The van der Waals surface area contributed by atoms with Gasteiger partial charge in [0.25, 0.3) is 5.24 Å². The van der Waals surface area contributed by atoms with Crippen LogP contribution in [0.15, 0.2) is 30.3 Å². The van der Waals surface area contributed by atoms with E-state index < -0.39 is 0 Å². The third-order valence-corrected chi connectivity index (χ3v) is 5.61. The molecule has 1 aromatic carbocycles. The largest absolute Gasteiger partial charge is 0.356 e. The van der Waals surface area contributed by atoms with Crippen LogP contribution in [-0.2, 0) is 15.3 Å². The van der Waals surface area contributed by atoms with Gasteiger partial charge in [-0.25, -0.2) is 0 Å². The molecule has 0 aromatic heterocycles. The van der Waals surface area contributed by atoms with Crippen molar-refractivity contribution in [2.24, 2.45) is 11.8 Å². The van der Waals surface area contributed by atoms with Crippen molar-refractivity contribution in [2.75, 3.05) is 19.6 Å². The Morgan fingerprint density at radius 1 is 1.30 bits per heavy atom. The summed E-state index contributed by atoms with van der Waals surface area (Å²) in [4.78, 5) is 38.8. The van der Waals surface area contributed by atoms with Crippen LogP contribution in [0.1, 0.15) is 32.3 Å². The van der Waals surface area contributed by atoms with Gasteiger partial charge >= 0.3 is 0 Å². The second kappa shape index (κ2) is 10.5. The molecule has 7 heteroatoms. The monoisotopic (exact) mass is 392 g/mol. The molecule has 6 nitrogen and oxygen atoms in total. The molecule has 0 spiro atoms. The van der Waals surface area contributed by atoms with Crippen LogP contribution in [0.2, 0.25) is 0 Å². The summed E-state index contributed by atoms with van der Waals surface area (Å²) in [5, 5.41) is 2.63. The number of quaternary nitrogens is 1. The van der Waals surface area contributed by atoms with E-state index in [2.05, 4.69) is 11.1 Å². The van der Waals surface area contributed by atoms with Crippen molar-refractivity contribution < 1.29 is 20.1 Å². The molecule has 4 N–H and O–H groups in total. The number of carbonyl (C=O) groups excluding carboxylic acids is 3. The van der Waals surface area contributed by atoms with Gasteiger partial charge in [-0.3, -0.25) is 14.4 Å². The van der Waals surface area contributed by atoms with E-state index in [-0.39, 0.29) is 42.0 Å². The third-order valence-electron chi connectivity index (χ3n) is 4.62. The van der Waals surface area contributed by atoms with Crippen LogP contribution in [-0.4, -0.2) is 47.5 Å². The molecule has 1 aliphatic heterocycles. The lowest BCUT2D eigenvalue weighted by Gasteiger charge is -2.24. The molecule has 2 rings (SSSR count). The van der Waals surface area contributed by atoms with E-state index in [1.165, 1.54) is 16.7 Å². The Balaban J connectivity index is 2.00. The quantitative estimate of drug-likeness (QED) is 0.669. The number of ketones is 1. The first-order valence-corrected chi connectivity index (χ1v) is 10.4. The molecule has 1 heterocycles. The summed E-state index contributed by atoms with van der Waals surface area (Å²) in [6.07, 6.45) is 1.39. The standard InChI is InChI=1S/C20H29N3O3S/c1-14(2)10-17(21)18(24)12-23(11-16-8-9-22-19(16)25)20(26)27-13-15-6-4-3-5-7-15/h3-7,14,16-17H,8-13,21H2,1-2H3,(H,22,25)/p+1/t16-,17-/m0/s1. The lowest BCUT2D eigenvalue weighted by molar-refractivity contribution is -0.406. The number of Topliss-reactive ketones (excluding diaryl/α,β-unsaturated/α-hetero) is 1. The Morgan fingerprint density at radius 3 is 2.59 bits per heavy atom. The number of carbonyl (C=O) groups is 3. The Labute approximate surface area is 165 Å². The molecule has 27 heavy (non-hydrogen) atoms. The van der Waals surface area contributed by atoms with Crippen LogP contribution in [0.5, 0.6) is 0 Å². The number of rotatable bonds is 9. The highest BCUT2D eigenvalue weighted by atomic mass is 32.2. The fourth-order valence-corrected chi connectivity index (χ4v) is 3.92. The van der Waals surface area contributed by atoms with Crippen LogP contribution in [0.3, 0.4) is 0 Å². The summed E-state index contributed by atoms with van der Waals surface area (Å²) in [6, 6.07) is 9.40. The van der Waals surface area contributed by atoms with E-state index in [1.807, 2.05) is 44.2 Å². The van der Waals surface area contributed by atoms with Crippen molar-refractivity contribution in [1.82, 2.24) is 10.2 Å². The molecule has 0 radical (unpaired) electrons. The molecule has 148 valence electrons. The maximum Gasteiger partial charge on any atom is 0.282 e. The Morgan fingerprint density at radius 2 is 2.00 bits per heavy atom. The normalized spacial score (nSPS) is 17.6. The molecule has 1 aromatic rings. The molecule has 0 bridgehead atoms. The van der Waals surface area contributed by atoms with Crippen LogP contribution in [0, 0.1) is 11.8 Å². The molecule has 2 atom stereocenters. The third kappa shape index (κ3) is 6.99. The molecule has 1 aliphatic rings. The van der Waals surface area contributed by atoms with Crippen molar-refractivity contribution in [3.63, 3.8) is 0 Å². The summed E-state index contributed by atoms with van der Waals surface area (Å²) in [7, 11) is 0. The highest BCUT2D eigenvalue weighted by Gasteiger charge is 2.31. The molecule has 0 saturated carbocycles. The average molecular weight is 393 g/mol. The van der Waals surface area contributed by atoms with Gasteiger partial charge in [-0.2, -0.15) is 0 Å². The zero-order valence-electron chi connectivity index (χ0n) is 16.1. The molecular weight excluding hydrogens is 362 g/mol. The van der Waals surface area contributed by atoms with Crippen molar-refractivity contribution >= 4 is 28.7 Å². The second-order valence-corrected chi connectivity index (χ2v) is 8.42. The number of nitrogens with zero attached hydrogens (tertiary/aromatic N) is 1. The predicted octanol–water partition coefficient (Wildman–Crippen LogP) is 1.70.